The summed E-state index contributed by atoms with van der Waals surface area (Å²) in [7, 11) is 0. The molecule has 2 rings (SSSR count). The molecule has 0 radical (unpaired) electrons. The van der Waals surface area contributed by atoms with E-state index in [4.69, 9.17) is 0 Å². The Hall–Kier alpha value is -1.13. The van der Waals surface area contributed by atoms with Crippen LogP contribution in [0, 0.1) is 6.92 Å². The number of anilines is 1. The first kappa shape index (κ1) is 10.4. The van der Waals surface area contributed by atoms with Gasteiger partial charge in [-0.05, 0) is 19.4 Å². The Balaban J connectivity index is 2.29. The monoisotopic (exact) mass is 208 g/mol. The van der Waals surface area contributed by atoms with Gasteiger partial charge in [0, 0.05) is 36.2 Å². The molecule has 2 N–H and O–H groups in total. The normalized spacial score (nSPS) is 21.0. The van der Waals surface area contributed by atoms with Crippen LogP contribution in [0.15, 0.2) is 12.3 Å². The van der Waals surface area contributed by atoms with Gasteiger partial charge in [0.25, 0.3) is 0 Å². The Morgan fingerprint density at radius 3 is 3.00 bits per heavy atom. The summed E-state index contributed by atoms with van der Waals surface area (Å²) in [6.07, 6.45) is 2.26. The van der Waals surface area contributed by atoms with Crippen LogP contribution < -0.4 is 4.90 Å². The molecule has 1 aromatic heterocycles. The van der Waals surface area contributed by atoms with Crippen LogP contribution in [-0.4, -0.2) is 34.4 Å². The van der Waals surface area contributed by atoms with Crippen molar-refractivity contribution in [3.05, 3.63) is 23.5 Å². The number of aliphatic hydroxyl groups is 2. The van der Waals surface area contributed by atoms with Crippen LogP contribution in [0.4, 0.5) is 5.69 Å². The van der Waals surface area contributed by atoms with E-state index in [0.29, 0.717) is 6.54 Å². The highest BCUT2D eigenvalue weighted by molar-refractivity contribution is 5.54. The van der Waals surface area contributed by atoms with Gasteiger partial charge in [-0.1, -0.05) is 0 Å². The van der Waals surface area contributed by atoms with E-state index < -0.39 is 0 Å². The number of aromatic nitrogens is 1. The third-order valence-electron chi connectivity index (χ3n) is 2.77. The molecule has 1 saturated heterocycles. The predicted molar refractivity (Wildman–Crippen MR) is 57.7 cm³/mol. The summed E-state index contributed by atoms with van der Waals surface area (Å²) in [5.41, 5.74) is 2.76. The Bertz CT molecular complexity index is 354. The zero-order chi connectivity index (χ0) is 10.8. The Morgan fingerprint density at radius 2 is 2.40 bits per heavy atom. The summed E-state index contributed by atoms with van der Waals surface area (Å²) in [4.78, 5) is 6.25. The molecule has 4 nitrogen and oxygen atoms in total. The molecular weight excluding hydrogens is 192 g/mol. The van der Waals surface area contributed by atoms with Gasteiger partial charge in [0.15, 0.2) is 0 Å². The van der Waals surface area contributed by atoms with Crippen molar-refractivity contribution in [2.45, 2.75) is 26.1 Å². The first-order valence-electron chi connectivity index (χ1n) is 5.20. The van der Waals surface area contributed by atoms with Crippen molar-refractivity contribution in [2.24, 2.45) is 0 Å². The molecule has 4 heteroatoms. The van der Waals surface area contributed by atoms with Gasteiger partial charge >= 0.3 is 0 Å². The van der Waals surface area contributed by atoms with Crippen LogP contribution >= 0.6 is 0 Å². The van der Waals surface area contributed by atoms with Gasteiger partial charge in [0.1, 0.15) is 0 Å². The number of pyridine rings is 1. The van der Waals surface area contributed by atoms with E-state index in [2.05, 4.69) is 9.88 Å². The molecule has 0 bridgehead atoms. The Labute approximate surface area is 89.2 Å². The molecule has 0 aliphatic carbocycles. The number of rotatable bonds is 2. The minimum atomic E-state index is -0.245. The van der Waals surface area contributed by atoms with Crippen molar-refractivity contribution in [1.82, 2.24) is 4.98 Å². The number of aliphatic hydroxyl groups excluding tert-OH is 2. The van der Waals surface area contributed by atoms with E-state index in [1.807, 2.05) is 13.0 Å². The lowest BCUT2D eigenvalue weighted by Crippen LogP contribution is -2.22. The standard InChI is InChI=1S/C11H16N2O2/c1-8-4-11(9(7-14)5-12-8)13-3-2-10(15)6-13/h4-5,10,14-15H,2-3,6-7H2,1H3. The predicted octanol–water partition coefficient (Wildman–Crippen LogP) is 0.453. The first-order chi connectivity index (χ1) is 7.20. The van der Waals surface area contributed by atoms with Crippen LogP contribution in [0.1, 0.15) is 17.7 Å². The number of nitrogens with zero attached hydrogens (tertiary/aromatic N) is 2. The molecule has 1 atom stereocenters. The van der Waals surface area contributed by atoms with Gasteiger partial charge in [0.2, 0.25) is 0 Å². The van der Waals surface area contributed by atoms with Gasteiger partial charge < -0.3 is 15.1 Å². The minimum Gasteiger partial charge on any atom is -0.392 e. The van der Waals surface area contributed by atoms with Crippen LogP contribution in [0.5, 0.6) is 0 Å². The maximum Gasteiger partial charge on any atom is 0.0731 e. The van der Waals surface area contributed by atoms with Gasteiger partial charge in [-0.2, -0.15) is 0 Å². The molecule has 1 aromatic rings. The largest absolute Gasteiger partial charge is 0.392 e. The summed E-state index contributed by atoms with van der Waals surface area (Å²) in [6, 6.07) is 1.96. The smallest absolute Gasteiger partial charge is 0.0731 e. The molecule has 1 aliphatic rings. The molecule has 0 spiro atoms. The summed E-state index contributed by atoms with van der Waals surface area (Å²) in [6.45, 7) is 3.42. The van der Waals surface area contributed by atoms with Crippen LogP contribution in [0.25, 0.3) is 0 Å². The van der Waals surface area contributed by atoms with E-state index in [-0.39, 0.29) is 12.7 Å². The third kappa shape index (κ3) is 2.11. The van der Waals surface area contributed by atoms with Crippen molar-refractivity contribution in [1.29, 1.82) is 0 Å². The second kappa shape index (κ2) is 4.16. The molecular formula is C11H16N2O2. The van der Waals surface area contributed by atoms with Crippen LogP contribution in [0.2, 0.25) is 0 Å². The highest BCUT2D eigenvalue weighted by Gasteiger charge is 2.22. The first-order valence-corrected chi connectivity index (χ1v) is 5.20. The van der Waals surface area contributed by atoms with Crippen molar-refractivity contribution in [3.63, 3.8) is 0 Å². The van der Waals surface area contributed by atoms with Gasteiger partial charge in [-0.3, -0.25) is 4.98 Å². The Kier molecular flexibility index (Phi) is 2.88. The SMILES string of the molecule is Cc1cc(N2CCC(O)C2)c(CO)cn1. The lowest BCUT2D eigenvalue weighted by molar-refractivity contribution is 0.198. The lowest BCUT2D eigenvalue weighted by Gasteiger charge is -2.20. The van der Waals surface area contributed by atoms with Crippen molar-refractivity contribution < 1.29 is 10.2 Å². The molecule has 2 heterocycles. The van der Waals surface area contributed by atoms with Gasteiger partial charge in [0.05, 0.1) is 12.7 Å². The fourth-order valence-electron chi connectivity index (χ4n) is 1.95. The fraction of sp³-hybridized carbons (Fsp3) is 0.545. The molecule has 1 fully saturated rings. The number of β-amino-alcohol motifs (C(OH)–C–C–N with tert-alkyl or cyclic N) is 1. The lowest BCUT2D eigenvalue weighted by atomic mass is 10.2. The third-order valence-corrected chi connectivity index (χ3v) is 2.77. The van der Waals surface area contributed by atoms with Crippen molar-refractivity contribution in [2.75, 3.05) is 18.0 Å². The highest BCUT2D eigenvalue weighted by atomic mass is 16.3. The minimum absolute atomic E-state index is 0.00475. The van der Waals surface area contributed by atoms with Gasteiger partial charge in [-0.25, -0.2) is 0 Å². The molecule has 82 valence electrons. The van der Waals surface area contributed by atoms with E-state index >= 15 is 0 Å². The zero-order valence-electron chi connectivity index (χ0n) is 8.85. The fourth-order valence-corrected chi connectivity index (χ4v) is 1.95. The molecule has 1 unspecified atom stereocenters. The Morgan fingerprint density at radius 1 is 1.60 bits per heavy atom. The molecule has 1 aliphatic heterocycles. The summed E-state index contributed by atoms with van der Waals surface area (Å²) >= 11 is 0. The van der Waals surface area contributed by atoms with Crippen molar-refractivity contribution in [3.8, 4) is 0 Å². The maximum absolute atomic E-state index is 9.47. The molecule has 0 aromatic carbocycles. The highest BCUT2D eigenvalue weighted by Crippen LogP contribution is 2.24. The average molecular weight is 208 g/mol. The van der Waals surface area contributed by atoms with Crippen LogP contribution in [0.3, 0.4) is 0 Å². The van der Waals surface area contributed by atoms with E-state index in [9.17, 15) is 10.2 Å². The second-order valence-corrected chi connectivity index (χ2v) is 4.00. The maximum atomic E-state index is 9.47. The summed E-state index contributed by atoms with van der Waals surface area (Å²) in [5.74, 6) is 0. The average Bonchev–Trinajstić information content (AvgIpc) is 2.65. The van der Waals surface area contributed by atoms with Gasteiger partial charge in [-0.15, -0.1) is 0 Å². The molecule has 0 amide bonds. The van der Waals surface area contributed by atoms with E-state index in [1.165, 1.54) is 0 Å². The second-order valence-electron chi connectivity index (χ2n) is 4.00. The van der Waals surface area contributed by atoms with Crippen molar-refractivity contribution >= 4 is 5.69 Å². The summed E-state index contributed by atoms with van der Waals surface area (Å²) < 4.78 is 0. The van der Waals surface area contributed by atoms with E-state index in [1.54, 1.807) is 6.20 Å². The quantitative estimate of drug-likeness (QED) is 0.741. The van der Waals surface area contributed by atoms with E-state index in [0.717, 1.165) is 29.9 Å². The topological polar surface area (TPSA) is 56.6 Å². The number of aryl methyl sites for hydroxylation is 1. The number of hydrogen-bond donors (Lipinski definition) is 2. The molecule has 0 saturated carbocycles. The van der Waals surface area contributed by atoms with Crippen LogP contribution in [-0.2, 0) is 6.61 Å². The number of hydrogen-bond acceptors (Lipinski definition) is 4. The summed E-state index contributed by atoms with van der Waals surface area (Å²) in [5, 5.41) is 18.7. The zero-order valence-corrected chi connectivity index (χ0v) is 8.85. The molecule has 15 heavy (non-hydrogen) atoms.